The summed E-state index contributed by atoms with van der Waals surface area (Å²) in [5.41, 5.74) is 17.1. The first-order valence-electron chi connectivity index (χ1n) is 22.1. The van der Waals surface area contributed by atoms with E-state index >= 15 is 0 Å². The van der Waals surface area contributed by atoms with Gasteiger partial charge in [0.2, 0.25) is 0 Å². The van der Waals surface area contributed by atoms with Crippen molar-refractivity contribution in [2.24, 2.45) is 0 Å². The van der Waals surface area contributed by atoms with Gasteiger partial charge in [0.15, 0.2) is 0 Å². The molecule has 0 saturated carbocycles. The molecule has 312 valence electrons. The van der Waals surface area contributed by atoms with E-state index in [-0.39, 0.29) is 22.5 Å². The number of nitrogens with zero attached hydrogens (tertiary/aromatic N) is 3. The van der Waals surface area contributed by atoms with Crippen LogP contribution in [0.2, 0.25) is 0 Å². The number of pyridine rings is 1. The Labute approximate surface area is 372 Å². The molecular formula is C59H55N3O. The first-order chi connectivity index (χ1) is 30.2. The van der Waals surface area contributed by atoms with Gasteiger partial charge in [-0.3, -0.25) is 9.55 Å². The van der Waals surface area contributed by atoms with E-state index in [2.05, 4.69) is 224 Å². The molecule has 63 heavy (non-hydrogen) atoms. The Morgan fingerprint density at radius 3 is 1.68 bits per heavy atom. The van der Waals surface area contributed by atoms with E-state index in [0.29, 0.717) is 5.82 Å². The minimum absolute atomic E-state index is 0.176. The van der Waals surface area contributed by atoms with Crippen LogP contribution in [0.15, 0.2) is 176 Å². The molecule has 9 rings (SSSR count). The third-order valence-corrected chi connectivity index (χ3v) is 12.2. The lowest BCUT2D eigenvalue weighted by atomic mass is 9.79. The number of phenols is 1. The summed E-state index contributed by atoms with van der Waals surface area (Å²) in [5.74, 6) is 1.16. The molecule has 4 nitrogen and oxygen atoms in total. The second-order valence-corrected chi connectivity index (χ2v) is 19.1. The SMILES string of the molecule is CC(C)c1cc(-c2ccccc2)ccc1-n1c(-c2cc(C(C)(C)C)cc(C(C)(C)C)c2O)nc2c(-c3cc(-c4ccccc4)cc(-c4cc(-c5ccccc5)ccn4)c3)cccc21. The van der Waals surface area contributed by atoms with Crippen molar-refractivity contribution in [1.29, 1.82) is 0 Å². The van der Waals surface area contributed by atoms with Gasteiger partial charge in [-0.2, -0.15) is 0 Å². The van der Waals surface area contributed by atoms with E-state index in [1.807, 2.05) is 12.3 Å². The molecule has 0 bridgehead atoms. The first-order valence-corrected chi connectivity index (χ1v) is 22.1. The van der Waals surface area contributed by atoms with Crippen molar-refractivity contribution < 1.29 is 5.11 Å². The zero-order chi connectivity index (χ0) is 44.0. The molecule has 0 aliphatic carbocycles. The number of hydrogen-bond acceptors (Lipinski definition) is 3. The maximum atomic E-state index is 12.5. The average molecular weight is 822 g/mol. The fourth-order valence-electron chi connectivity index (χ4n) is 8.72. The molecule has 1 N–H and O–H groups in total. The monoisotopic (exact) mass is 821 g/mol. The van der Waals surface area contributed by atoms with E-state index < -0.39 is 0 Å². The molecule has 0 aliphatic heterocycles. The number of rotatable bonds is 8. The molecule has 4 heteroatoms. The van der Waals surface area contributed by atoms with Crippen molar-refractivity contribution in [3.05, 3.63) is 193 Å². The summed E-state index contributed by atoms with van der Waals surface area (Å²) < 4.78 is 2.30. The van der Waals surface area contributed by atoms with E-state index in [1.54, 1.807) is 0 Å². The normalized spacial score (nSPS) is 12.0. The summed E-state index contributed by atoms with van der Waals surface area (Å²) >= 11 is 0. The first kappa shape index (κ1) is 41.3. The van der Waals surface area contributed by atoms with E-state index in [1.165, 1.54) is 11.1 Å². The van der Waals surface area contributed by atoms with Gasteiger partial charge in [-0.05, 0) is 121 Å². The van der Waals surface area contributed by atoms with Crippen LogP contribution in [-0.4, -0.2) is 19.6 Å². The van der Waals surface area contributed by atoms with Crippen LogP contribution >= 0.6 is 0 Å². The molecule has 0 unspecified atom stereocenters. The minimum atomic E-state index is -0.317. The van der Waals surface area contributed by atoms with Gasteiger partial charge in [-0.25, -0.2) is 4.98 Å². The summed E-state index contributed by atoms with van der Waals surface area (Å²) in [7, 11) is 0. The molecule has 9 aromatic rings. The van der Waals surface area contributed by atoms with Gasteiger partial charge in [0, 0.05) is 22.9 Å². The molecule has 2 aromatic heterocycles. The number of fused-ring (bicyclic) bond motifs is 1. The Bertz CT molecular complexity index is 3090. The fourth-order valence-corrected chi connectivity index (χ4v) is 8.72. The molecule has 7 aromatic carbocycles. The summed E-state index contributed by atoms with van der Waals surface area (Å²) in [6.45, 7) is 17.7. The van der Waals surface area contributed by atoms with Crippen molar-refractivity contribution in [2.75, 3.05) is 0 Å². The van der Waals surface area contributed by atoms with Gasteiger partial charge in [0.25, 0.3) is 0 Å². The Balaban J connectivity index is 1.34. The van der Waals surface area contributed by atoms with E-state index in [9.17, 15) is 5.11 Å². The highest BCUT2D eigenvalue weighted by atomic mass is 16.3. The van der Waals surface area contributed by atoms with E-state index in [0.717, 1.165) is 83.6 Å². The van der Waals surface area contributed by atoms with Gasteiger partial charge < -0.3 is 5.11 Å². The highest BCUT2D eigenvalue weighted by molar-refractivity contribution is 5.98. The van der Waals surface area contributed by atoms with Gasteiger partial charge in [0.05, 0.1) is 28.0 Å². The van der Waals surface area contributed by atoms with Crippen LogP contribution in [0.1, 0.15) is 78.0 Å². The topological polar surface area (TPSA) is 50.9 Å². The summed E-state index contributed by atoms with van der Waals surface area (Å²) in [4.78, 5) is 10.6. The summed E-state index contributed by atoms with van der Waals surface area (Å²) in [6.07, 6.45) is 1.90. The number of para-hydroxylation sites is 1. The Hall–Kier alpha value is -7.04. The van der Waals surface area contributed by atoms with Crippen LogP contribution in [-0.2, 0) is 10.8 Å². The fraction of sp³-hybridized carbons (Fsp3) is 0.186. The van der Waals surface area contributed by atoms with Crippen molar-refractivity contribution >= 4 is 11.0 Å². The maximum absolute atomic E-state index is 12.5. The van der Waals surface area contributed by atoms with Gasteiger partial charge in [-0.1, -0.05) is 171 Å². The quantitative estimate of drug-likeness (QED) is 0.166. The highest BCUT2D eigenvalue weighted by Crippen LogP contribution is 2.46. The van der Waals surface area contributed by atoms with Crippen molar-refractivity contribution in [3.63, 3.8) is 0 Å². The molecule has 0 fully saturated rings. The maximum Gasteiger partial charge on any atom is 0.149 e. The number of phenolic OH excluding ortho intramolecular Hbond substituents is 1. The molecule has 2 heterocycles. The second kappa shape index (κ2) is 16.3. The highest BCUT2D eigenvalue weighted by Gasteiger charge is 2.29. The largest absolute Gasteiger partial charge is 0.507 e. The number of benzene rings is 7. The summed E-state index contributed by atoms with van der Waals surface area (Å²) in [5, 5.41) is 12.5. The van der Waals surface area contributed by atoms with Crippen LogP contribution in [0.4, 0.5) is 0 Å². The molecule has 0 atom stereocenters. The smallest absolute Gasteiger partial charge is 0.149 e. The van der Waals surface area contributed by atoms with Crippen LogP contribution in [0.25, 0.3) is 83.9 Å². The standard InChI is InChI=1S/C59H55N3O/c1-38(2)49-34-42(39-19-12-9-13-20-39)27-28-53(49)62-54-26-18-25-48(55(54)61-57(62)50-36-47(58(3,4)5)37-51(56(50)63)59(6,7)8)45-31-44(41-23-16-11-17-24-41)32-46(33-45)52-35-43(29-30-60-52)40-21-14-10-15-22-40/h9-38,63H,1-8H3. The molecule has 0 amide bonds. The van der Waals surface area contributed by atoms with Gasteiger partial charge >= 0.3 is 0 Å². The Kier molecular flexibility index (Phi) is 10.7. The predicted molar refractivity (Wildman–Crippen MR) is 265 cm³/mol. The average Bonchev–Trinajstić information content (AvgIpc) is 3.68. The lowest BCUT2D eigenvalue weighted by molar-refractivity contribution is 0.446. The van der Waals surface area contributed by atoms with Crippen LogP contribution < -0.4 is 0 Å². The number of aromatic hydroxyl groups is 1. The third-order valence-electron chi connectivity index (χ3n) is 12.2. The third kappa shape index (κ3) is 8.10. The van der Waals surface area contributed by atoms with Crippen molar-refractivity contribution in [2.45, 2.75) is 72.1 Å². The predicted octanol–water partition coefficient (Wildman–Crippen LogP) is 15.8. The molecule has 0 saturated heterocycles. The van der Waals surface area contributed by atoms with Gasteiger partial charge in [0.1, 0.15) is 11.6 Å². The van der Waals surface area contributed by atoms with Crippen LogP contribution in [0.3, 0.4) is 0 Å². The number of aromatic nitrogens is 3. The molecule has 0 aliphatic rings. The number of hydrogen-bond donors (Lipinski definition) is 1. The van der Waals surface area contributed by atoms with Crippen molar-refractivity contribution in [3.8, 4) is 78.6 Å². The molecule has 0 spiro atoms. The Morgan fingerprint density at radius 2 is 1.08 bits per heavy atom. The lowest BCUT2D eigenvalue weighted by Gasteiger charge is -2.28. The minimum Gasteiger partial charge on any atom is -0.507 e. The molecule has 0 radical (unpaired) electrons. The zero-order valence-electron chi connectivity index (χ0n) is 37.6. The summed E-state index contributed by atoms with van der Waals surface area (Å²) in [6, 6.07) is 60.2. The second-order valence-electron chi connectivity index (χ2n) is 19.1. The number of imidazole rings is 1. The van der Waals surface area contributed by atoms with Crippen LogP contribution in [0.5, 0.6) is 5.75 Å². The zero-order valence-corrected chi connectivity index (χ0v) is 37.6. The Morgan fingerprint density at radius 1 is 0.492 bits per heavy atom. The molecular weight excluding hydrogens is 767 g/mol. The lowest BCUT2D eigenvalue weighted by Crippen LogP contribution is -2.17. The van der Waals surface area contributed by atoms with Crippen LogP contribution in [0, 0.1) is 0 Å². The van der Waals surface area contributed by atoms with E-state index in [4.69, 9.17) is 9.97 Å². The van der Waals surface area contributed by atoms with Gasteiger partial charge in [-0.15, -0.1) is 0 Å². The van der Waals surface area contributed by atoms with Crippen molar-refractivity contribution in [1.82, 2.24) is 14.5 Å².